The van der Waals surface area contributed by atoms with Gasteiger partial charge in [-0.2, -0.15) is 0 Å². The van der Waals surface area contributed by atoms with Gasteiger partial charge >= 0.3 is 5.97 Å². The maximum Gasteiger partial charge on any atom is 0.348 e. The summed E-state index contributed by atoms with van der Waals surface area (Å²) in [5, 5.41) is 2.71. The molecule has 0 saturated heterocycles. The molecule has 0 atom stereocenters. The summed E-state index contributed by atoms with van der Waals surface area (Å²) in [6, 6.07) is 6.94. The van der Waals surface area contributed by atoms with E-state index in [9.17, 15) is 14.4 Å². The second kappa shape index (κ2) is 8.05. The zero-order valence-corrected chi connectivity index (χ0v) is 16.2. The van der Waals surface area contributed by atoms with Crippen LogP contribution in [0.3, 0.4) is 0 Å². The van der Waals surface area contributed by atoms with Crippen LogP contribution in [0.1, 0.15) is 43.8 Å². The van der Waals surface area contributed by atoms with Crippen LogP contribution in [-0.2, 0) is 22.4 Å². The number of thiophene rings is 1. The average Bonchev–Trinajstić information content (AvgIpc) is 3.20. The predicted octanol–water partition coefficient (Wildman–Crippen LogP) is 3.96. The lowest BCUT2D eigenvalue weighted by Crippen LogP contribution is -2.14. The van der Waals surface area contributed by atoms with E-state index in [2.05, 4.69) is 5.32 Å². The molecule has 3 rings (SSSR count). The molecule has 0 saturated carbocycles. The number of hydrogen-bond donors (Lipinski definition) is 1. The molecule has 2 aromatic rings. The van der Waals surface area contributed by atoms with Gasteiger partial charge in [-0.1, -0.05) is 6.07 Å². The number of esters is 1. The minimum atomic E-state index is -0.458. The predicted molar refractivity (Wildman–Crippen MR) is 103 cm³/mol. The molecule has 0 fully saturated rings. The summed E-state index contributed by atoms with van der Waals surface area (Å²) in [5.41, 5.74) is 2.20. The van der Waals surface area contributed by atoms with E-state index < -0.39 is 5.97 Å². The zero-order chi connectivity index (χ0) is 18.7. The van der Waals surface area contributed by atoms with Crippen molar-refractivity contribution in [3.05, 3.63) is 45.1 Å². The molecule has 0 spiro atoms. The number of Topliss-reactive ketones (excluding diaryl/α,β-unsaturated/α-hetero) is 1. The number of nitrogens with one attached hydrogen (secondary N) is 1. The molecule has 1 aliphatic rings. The summed E-state index contributed by atoms with van der Waals surface area (Å²) in [6.07, 6.45) is 5.05. The molecule has 1 heterocycles. The van der Waals surface area contributed by atoms with Crippen LogP contribution in [0.2, 0.25) is 0 Å². The van der Waals surface area contributed by atoms with Crippen molar-refractivity contribution in [3.63, 3.8) is 0 Å². The molecule has 1 aromatic carbocycles. The second-order valence-corrected chi connectivity index (χ2v) is 7.99. The number of fused-ring (bicyclic) bond motifs is 1. The smallest absolute Gasteiger partial charge is 0.348 e. The maximum absolute atomic E-state index is 12.4. The van der Waals surface area contributed by atoms with Crippen molar-refractivity contribution in [2.75, 3.05) is 18.2 Å². The third-order valence-electron chi connectivity index (χ3n) is 4.11. The third-order valence-corrected chi connectivity index (χ3v) is 6.13. The highest BCUT2D eigenvalue weighted by atomic mass is 32.2. The Morgan fingerprint density at radius 1 is 1.23 bits per heavy atom. The number of benzene rings is 1. The lowest BCUT2D eigenvalue weighted by atomic mass is 10.1. The Hall–Kier alpha value is -2.12. The van der Waals surface area contributed by atoms with Gasteiger partial charge in [-0.05, 0) is 49.3 Å². The Morgan fingerprint density at radius 2 is 2.04 bits per heavy atom. The molecule has 1 N–H and O–H groups in total. The SMILES string of the molecule is CSc1ccc(C(=O)COC(=O)c2cc3c(s2)CCC3)cc1NC(C)=O. The molecule has 0 bridgehead atoms. The van der Waals surface area contributed by atoms with Gasteiger partial charge in [0.25, 0.3) is 0 Å². The van der Waals surface area contributed by atoms with E-state index in [1.807, 2.05) is 12.3 Å². The first-order valence-corrected chi connectivity index (χ1v) is 10.3. The van der Waals surface area contributed by atoms with Crippen molar-refractivity contribution in [2.45, 2.75) is 31.1 Å². The fraction of sp³-hybridized carbons (Fsp3) is 0.316. The molecule has 1 amide bonds. The van der Waals surface area contributed by atoms with Crippen molar-refractivity contribution in [3.8, 4) is 0 Å². The van der Waals surface area contributed by atoms with Gasteiger partial charge in [0, 0.05) is 22.3 Å². The lowest BCUT2D eigenvalue weighted by molar-refractivity contribution is -0.114. The van der Waals surface area contributed by atoms with Crippen LogP contribution in [0.5, 0.6) is 0 Å². The highest BCUT2D eigenvalue weighted by Crippen LogP contribution is 2.31. The van der Waals surface area contributed by atoms with Crippen molar-refractivity contribution in [1.29, 1.82) is 0 Å². The van der Waals surface area contributed by atoms with E-state index in [1.165, 1.54) is 40.5 Å². The van der Waals surface area contributed by atoms with Crippen LogP contribution in [0.4, 0.5) is 5.69 Å². The Morgan fingerprint density at radius 3 is 2.73 bits per heavy atom. The van der Waals surface area contributed by atoms with E-state index in [4.69, 9.17) is 4.74 Å². The molecule has 0 unspecified atom stereocenters. The Bertz CT molecular complexity index is 851. The lowest BCUT2D eigenvalue weighted by Gasteiger charge is -2.10. The molecule has 0 aliphatic heterocycles. The highest BCUT2D eigenvalue weighted by molar-refractivity contribution is 7.98. The van der Waals surface area contributed by atoms with E-state index in [1.54, 1.807) is 18.2 Å². The number of anilines is 1. The molecule has 5 nitrogen and oxygen atoms in total. The fourth-order valence-electron chi connectivity index (χ4n) is 2.88. The summed E-state index contributed by atoms with van der Waals surface area (Å²) >= 11 is 2.93. The van der Waals surface area contributed by atoms with Gasteiger partial charge in [-0.15, -0.1) is 23.1 Å². The summed E-state index contributed by atoms with van der Waals surface area (Å²) in [6.45, 7) is 1.10. The quantitative estimate of drug-likeness (QED) is 0.460. The molecule has 136 valence electrons. The first-order valence-electron chi connectivity index (χ1n) is 8.25. The van der Waals surface area contributed by atoms with Crippen molar-refractivity contribution >= 4 is 46.4 Å². The third kappa shape index (κ3) is 4.16. The monoisotopic (exact) mass is 389 g/mol. The number of amides is 1. The number of carbonyl (C=O) groups excluding carboxylic acids is 3. The zero-order valence-electron chi connectivity index (χ0n) is 14.6. The van der Waals surface area contributed by atoms with E-state index in [-0.39, 0.29) is 18.3 Å². The van der Waals surface area contributed by atoms with Crippen molar-refractivity contribution in [1.82, 2.24) is 0 Å². The summed E-state index contributed by atoms with van der Waals surface area (Å²) in [7, 11) is 0. The number of hydrogen-bond acceptors (Lipinski definition) is 6. The van der Waals surface area contributed by atoms with Gasteiger partial charge < -0.3 is 10.1 Å². The number of aryl methyl sites for hydroxylation is 2. The van der Waals surface area contributed by atoms with Gasteiger partial charge in [0.05, 0.1) is 5.69 Å². The fourth-order valence-corrected chi connectivity index (χ4v) is 4.57. The van der Waals surface area contributed by atoms with Crippen LogP contribution in [-0.4, -0.2) is 30.5 Å². The molecule has 1 aliphatic carbocycles. The van der Waals surface area contributed by atoms with Gasteiger partial charge in [0.1, 0.15) is 4.88 Å². The number of ether oxygens (including phenoxy) is 1. The minimum Gasteiger partial charge on any atom is -0.453 e. The van der Waals surface area contributed by atoms with Crippen LogP contribution in [0.25, 0.3) is 0 Å². The average molecular weight is 389 g/mol. The van der Waals surface area contributed by atoms with Crippen LogP contribution < -0.4 is 5.32 Å². The molecular weight excluding hydrogens is 370 g/mol. The van der Waals surface area contributed by atoms with Gasteiger partial charge in [-0.25, -0.2) is 4.79 Å². The van der Waals surface area contributed by atoms with Gasteiger partial charge in [0.2, 0.25) is 5.91 Å². The first-order chi connectivity index (χ1) is 12.5. The Balaban J connectivity index is 1.65. The molecular formula is C19H19NO4S2. The molecule has 1 aromatic heterocycles. The standard InChI is InChI=1S/C19H19NO4S2/c1-11(21)20-14-8-12(6-7-17(14)25-2)15(22)10-24-19(23)18-9-13-4-3-5-16(13)26-18/h6-9H,3-5,10H2,1-2H3,(H,20,21). The Labute approximate surface area is 160 Å². The maximum atomic E-state index is 12.4. The van der Waals surface area contributed by atoms with Crippen LogP contribution >= 0.6 is 23.1 Å². The molecule has 0 radical (unpaired) electrons. The van der Waals surface area contributed by atoms with E-state index in [0.717, 1.165) is 24.2 Å². The van der Waals surface area contributed by atoms with E-state index >= 15 is 0 Å². The summed E-state index contributed by atoms with van der Waals surface area (Å²) in [5.74, 6) is -0.968. The minimum absolute atomic E-state index is 0.206. The molecule has 26 heavy (non-hydrogen) atoms. The first kappa shape index (κ1) is 18.7. The normalized spacial score (nSPS) is 12.5. The largest absolute Gasteiger partial charge is 0.453 e. The number of carbonyl (C=O) groups is 3. The van der Waals surface area contributed by atoms with Gasteiger partial charge in [0.15, 0.2) is 12.4 Å². The topological polar surface area (TPSA) is 72.5 Å². The van der Waals surface area contributed by atoms with Crippen molar-refractivity contribution < 1.29 is 19.1 Å². The highest BCUT2D eigenvalue weighted by Gasteiger charge is 2.20. The number of thioether (sulfide) groups is 1. The number of rotatable bonds is 6. The van der Waals surface area contributed by atoms with Crippen LogP contribution in [0.15, 0.2) is 29.2 Å². The summed E-state index contributed by atoms with van der Waals surface area (Å²) < 4.78 is 5.19. The van der Waals surface area contributed by atoms with E-state index in [0.29, 0.717) is 16.1 Å². The Kier molecular flexibility index (Phi) is 5.78. The number of ketones is 1. The molecule has 7 heteroatoms. The summed E-state index contributed by atoms with van der Waals surface area (Å²) in [4.78, 5) is 38.5. The second-order valence-electron chi connectivity index (χ2n) is 6.01. The van der Waals surface area contributed by atoms with Crippen molar-refractivity contribution in [2.24, 2.45) is 0 Å². The van der Waals surface area contributed by atoms with Gasteiger partial charge in [-0.3, -0.25) is 9.59 Å². The van der Waals surface area contributed by atoms with Crippen LogP contribution in [0, 0.1) is 0 Å².